The lowest BCUT2D eigenvalue weighted by atomic mass is 9.84. The van der Waals surface area contributed by atoms with Crippen molar-refractivity contribution in [2.45, 2.75) is 37.1 Å². The van der Waals surface area contributed by atoms with Crippen LogP contribution < -0.4 is 0 Å². The first-order chi connectivity index (χ1) is 8.14. The molecular formula is C11H13F5O2. The smallest absolute Gasteiger partial charge is 0.386 e. The quantitative estimate of drug-likeness (QED) is 0.610. The fraction of sp³-hybridized carbons (Fsp3) is 0.818. The maximum atomic E-state index is 13.4. The highest BCUT2D eigenvalue weighted by Crippen LogP contribution is 2.49. The lowest BCUT2D eigenvalue weighted by Gasteiger charge is -2.34. The zero-order valence-corrected chi connectivity index (χ0v) is 9.24. The van der Waals surface area contributed by atoms with Crippen molar-refractivity contribution >= 4 is 0 Å². The topological polar surface area (TPSA) is 40.5 Å². The Bertz CT molecular complexity index is 352. The van der Waals surface area contributed by atoms with E-state index in [1.54, 1.807) is 6.08 Å². The highest BCUT2D eigenvalue weighted by molar-refractivity contribution is 5.13. The van der Waals surface area contributed by atoms with Gasteiger partial charge < -0.3 is 10.2 Å². The molecule has 0 aliphatic heterocycles. The number of alkyl halides is 5. The van der Waals surface area contributed by atoms with Crippen LogP contribution in [0.3, 0.4) is 0 Å². The van der Waals surface area contributed by atoms with Gasteiger partial charge in [-0.15, -0.1) is 0 Å². The molecule has 1 fully saturated rings. The van der Waals surface area contributed by atoms with E-state index < -0.39 is 30.2 Å². The van der Waals surface area contributed by atoms with Crippen molar-refractivity contribution in [2.75, 3.05) is 0 Å². The Hall–Kier alpha value is -0.690. The molecule has 0 saturated heterocycles. The van der Waals surface area contributed by atoms with Gasteiger partial charge in [0.05, 0.1) is 0 Å². The molecule has 0 amide bonds. The van der Waals surface area contributed by atoms with Crippen molar-refractivity contribution in [2.24, 2.45) is 17.8 Å². The summed E-state index contributed by atoms with van der Waals surface area (Å²) in [7, 11) is 0. The van der Waals surface area contributed by atoms with Gasteiger partial charge >= 0.3 is 12.1 Å². The van der Waals surface area contributed by atoms with E-state index in [0.717, 1.165) is 0 Å². The molecule has 0 spiro atoms. The molecule has 2 aliphatic carbocycles. The average Bonchev–Trinajstić information content (AvgIpc) is 2.87. The molecule has 0 aromatic heterocycles. The fourth-order valence-corrected chi connectivity index (χ4v) is 2.85. The zero-order chi connectivity index (χ0) is 13.7. The average molecular weight is 272 g/mol. The summed E-state index contributed by atoms with van der Waals surface area (Å²) in [5.74, 6) is -5.78. The number of hydrogen-bond donors (Lipinski definition) is 2. The van der Waals surface area contributed by atoms with Crippen molar-refractivity contribution < 1.29 is 32.2 Å². The number of rotatable bonds is 3. The molecule has 5 atom stereocenters. The zero-order valence-electron chi connectivity index (χ0n) is 9.24. The van der Waals surface area contributed by atoms with Crippen LogP contribution in [0.5, 0.6) is 0 Å². The fourth-order valence-electron chi connectivity index (χ4n) is 2.85. The molecule has 2 aliphatic rings. The Morgan fingerprint density at radius 1 is 1.00 bits per heavy atom. The molecule has 2 nitrogen and oxygen atoms in total. The van der Waals surface area contributed by atoms with Crippen LogP contribution in [0.1, 0.15) is 12.8 Å². The number of aliphatic hydroxyl groups excluding tert-OH is 2. The second-order valence-electron chi connectivity index (χ2n) is 5.01. The molecule has 1 saturated carbocycles. The minimum absolute atomic E-state index is 0.0495. The third-order valence-corrected chi connectivity index (χ3v) is 3.80. The Kier molecular flexibility index (Phi) is 3.18. The third kappa shape index (κ3) is 2.14. The molecule has 0 radical (unpaired) electrons. The van der Waals surface area contributed by atoms with Gasteiger partial charge in [0.2, 0.25) is 6.10 Å². The Morgan fingerprint density at radius 3 is 2.00 bits per heavy atom. The van der Waals surface area contributed by atoms with E-state index in [9.17, 15) is 27.1 Å². The van der Waals surface area contributed by atoms with Crippen LogP contribution in [0.2, 0.25) is 0 Å². The summed E-state index contributed by atoms with van der Waals surface area (Å²) in [5.41, 5.74) is 0. The highest BCUT2D eigenvalue weighted by atomic mass is 19.4. The molecule has 2 N–H and O–H groups in total. The van der Waals surface area contributed by atoms with Gasteiger partial charge in [-0.2, -0.15) is 13.2 Å². The van der Waals surface area contributed by atoms with E-state index in [1.165, 1.54) is 0 Å². The first kappa shape index (κ1) is 13.7. The van der Waals surface area contributed by atoms with Crippen LogP contribution in [0, 0.1) is 17.8 Å². The molecule has 0 aromatic rings. The first-order valence-corrected chi connectivity index (χ1v) is 5.63. The molecule has 3 unspecified atom stereocenters. The summed E-state index contributed by atoms with van der Waals surface area (Å²) in [6.45, 7) is 0. The number of hydrogen-bond acceptors (Lipinski definition) is 2. The summed E-state index contributed by atoms with van der Waals surface area (Å²) in [6.07, 6.45) is -7.46. The van der Waals surface area contributed by atoms with Crippen molar-refractivity contribution in [1.82, 2.24) is 0 Å². The lowest BCUT2D eigenvalue weighted by Crippen LogP contribution is -2.54. The van der Waals surface area contributed by atoms with E-state index in [4.69, 9.17) is 5.11 Å². The number of aliphatic hydroxyl groups is 2. The standard InChI is InChI=1S/C11H13F5O2/c12-10(13,9(18)11(14,15)16)8(17)7-4-5-1-2-6(7)3-5/h1-2,5-9,17-18H,3-4H2/t5-,6+,7?,8?,9?/m1/s1. The summed E-state index contributed by atoms with van der Waals surface area (Å²) >= 11 is 0. The maximum absolute atomic E-state index is 13.4. The Balaban J connectivity index is 2.12. The van der Waals surface area contributed by atoms with Gasteiger partial charge in [-0.05, 0) is 30.6 Å². The van der Waals surface area contributed by atoms with Crippen molar-refractivity contribution in [3.8, 4) is 0 Å². The third-order valence-electron chi connectivity index (χ3n) is 3.80. The van der Waals surface area contributed by atoms with Gasteiger partial charge in [-0.3, -0.25) is 0 Å². The second-order valence-corrected chi connectivity index (χ2v) is 5.01. The predicted octanol–water partition coefficient (Wildman–Crippen LogP) is 2.12. The molecule has 104 valence electrons. The molecule has 0 aromatic carbocycles. The molecule has 7 heteroatoms. The second kappa shape index (κ2) is 4.16. The van der Waals surface area contributed by atoms with Crippen LogP contribution in [-0.2, 0) is 0 Å². The molecule has 2 rings (SSSR count). The highest BCUT2D eigenvalue weighted by Gasteiger charge is 2.61. The Labute approximate surface area is 100 Å². The van der Waals surface area contributed by atoms with E-state index in [2.05, 4.69) is 0 Å². The summed E-state index contributed by atoms with van der Waals surface area (Å²) in [5, 5.41) is 18.2. The molecule has 0 heterocycles. The SMILES string of the molecule is OC(C1C[C@@H]2C=C[C@H]1C2)C(F)(F)C(O)C(F)(F)F. The molecular weight excluding hydrogens is 259 g/mol. The van der Waals surface area contributed by atoms with E-state index in [1.807, 2.05) is 6.08 Å². The lowest BCUT2D eigenvalue weighted by molar-refractivity contribution is -0.296. The van der Waals surface area contributed by atoms with Gasteiger partial charge in [-0.1, -0.05) is 12.2 Å². The van der Waals surface area contributed by atoms with Crippen LogP contribution in [0.25, 0.3) is 0 Å². The van der Waals surface area contributed by atoms with Gasteiger partial charge in [-0.25, -0.2) is 8.78 Å². The molecule has 18 heavy (non-hydrogen) atoms. The van der Waals surface area contributed by atoms with Crippen molar-refractivity contribution in [1.29, 1.82) is 0 Å². The van der Waals surface area contributed by atoms with Gasteiger partial charge in [0, 0.05) is 0 Å². The van der Waals surface area contributed by atoms with Crippen LogP contribution in [-0.4, -0.2) is 34.5 Å². The van der Waals surface area contributed by atoms with Crippen LogP contribution >= 0.6 is 0 Å². The minimum Gasteiger partial charge on any atom is -0.386 e. The largest absolute Gasteiger partial charge is 0.420 e. The van der Waals surface area contributed by atoms with Crippen LogP contribution in [0.4, 0.5) is 22.0 Å². The van der Waals surface area contributed by atoms with E-state index in [-0.39, 0.29) is 18.3 Å². The number of fused-ring (bicyclic) bond motifs is 2. The van der Waals surface area contributed by atoms with Gasteiger partial charge in [0.25, 0.3) is 0 Å². The van der Waals surface area contributed by atoms with Crippen molar-refractivity contribution in [3.63, 3.8) is 0 Å². The predicted molar refractivity (Wildman–Crippen MR) is 51.9 cm³/mol. The van der Waals surface area contributed by atoms with Gasteiger partial charge in [0.1, 0.15) is 6.10 Å². The monoisotopic (exact) mass is 272 g/mol. The van der Waals surface area contributed by atoms with Gasteiger partial charge in [0.15, 0.2) is 0 Å². The summed E-state index contributed by atoms with van der Waals surface area (Å²) < 4.78 is 63.3. The minimum atomic E-state index is -5.45. The normalized spacial score (nSPS) is 34.9. The number of allylic oxidation sites excluding steroid dienone is 2. The van der Waals surface area contributed by atoms with E-state index >= 15 is 0 Å². The number of halogens is 5. The van der Waals surface area contributed by atoms with Crippen molar-refractivity contribution in [3.05, 3.63) is 12.2 Å². The maximum Gasteiger partial charge on any atom is 0.420 e. The van der Waals surface area contributed by atoms with E-state index in [0.29, 0.717) is 6.42 Å². The molecule has 2 bridgehead atoms. The first-order valence-electron chi connectivity index (χ1n) is 5.63. The summed E-state index contributed by atoms with van der Waals surface area (Å²) in [6, 6.07) is 0. The van der Waals surface area contributed by atoms with Crippen LogP contribution in [0.15, 0.2) is 12.2 Å². The Morgan fingerprint density at radius 2 is 1.61 bits per heavy atom. The summed E-state index contributed by atoms with van der Waals surface area (Å²) in [4.78, 5) is 0.